The van der Waals surface area contributed by atoms with E-state index in [1.165, 1.54) is 9.79 Å². The Bertz CT molecular complexity index is 757. The number of nitrogens with two attached hydrogens (primary N) is 1. The minimum absolute atomic E-state index is 0.786. The van der Waals surface area contributed by atoms with E-state index >= 15 is 0 Å². The Labute approximate surface area is 134 Å². The van der Waals surface area contributed by atoms with E-state index in [2.05, 4.69) is 22.1 Å². The van der Waals surface area contributed by atoms with Crippen molar-refractivity contribution < 1.29 is 0 Å². The summed E-state index contributed by atoms with van der Waals surface area (Å²) in [5.41, 5.74) is 9.46. The van der Waals surface area contributed by atoms with Gasteiger partial charge < -0.3 is 10.7 Å². The molecule has 3 N–H and O–H groups in total. The van der Waals surface area contributed by atoms with Crippen LogP contribution in [0.1, 0.15) is 12.6 Å². The predicted octanol–water partition coefficient (Wildman–Crippen LogP) is 4.89. The van der Waals surface area contributed by atoms with E-state index in [0.29, 0.717) is 0 Å². The number of nitrogens with one attached hydrogen (secondary N) is 1. The van der Waals surface area contributed by atoms with Crippen LogP contribution in [0.5, 0.6) is 0 Å². The molecular weight excluding hydrogens is 290 g/mol. The van der Waals surface area contributed by atoms with Crippen molar-refractivity contribution in [1.82, 2.24) is 4.98 Å². The molecule has 22 heavy (non-hydrogen) atoms. The summed E-state index contributed by atoms with van der Waals surface area (Å²) >= 11 is 1.71. The van der Waals surface area contributed by atoms with Crippen LogP contribution in [-0.2, 0) is 0 Å². The molecule has 3 aromatic rings. The summed E-state index contributed by atoms with van der Waals surface area (Å²) in [6.07, 6.45) is 1.90. The zero-order valence-electron chi connectivity index (χ0n) is 12.3. The molecule has 3 nitrogen and oxygen atoms in total. The average molecular weight is 307 g/mol. The third-order valence-corrected chi connectivity index (χ3v) is 4.25. The molecule has 0 aliphatic carbocycles. The van der Waals surface area contributed by atoms with Crippen molar-refractivity contribution in [3.8, 4) is 0 Å². The largest absolute Gasteiger partial charge is 0.399 e. The second kappa shape index (κ2) is 6.54. The van der Waals surface area contributed by atoms with Crippen molar-refractivity contribution >= 4 is 28.8 Å². The summed E-state index contributed by atoms with van der Waals surface area (Å²) in [6.45, 7) is 2.00. The third-order valence-electron chi connectivity index (χ3n) is 3.24. The van der Waals surface area contributed by atoms with E-state index in [1.807, 2.05) is 61.7 Å². The molecule has 0 fully saturated rings. The molecule has 0 radical (unpaired) electrons. The number of aliphatic imine (C=N–C) groups is 1. The highest BCUT2D eigenvalue weighted by molar-refractivity contribution is 7.99. The fraction of sp³-hybridized carbons (Fsp3) is 0.0556. The van der Waals surface area contributed by atoms with Crippen LogP contribution in [0.25, 0.3) is 0 Å². The van der Waals surface area contributed by atoms with Crippen molar-refractivity contribution in [2.24, 2.45) is 4.99 Å². The van der Waals surface area contributed by atoms with Gasteiger partial charge in [0.15, 0.2) is 0 Å². The number of H-pyrrole nitrogens is 1. The maximum Gasteiger partial charge on any atom is 0.0634 e. The molecule has 2 aromatic carbocycles. The van der Waals surface area contributed by atoms with Crippen LogP contribution in [0, 0.1) is 0 Å². The van der Waals surface area contributed by atoms with E-state index in [1.54, 1.807) is 11.8 Å². The highest BCUT2D eigenvalue weighted by atomic mass is 32.2. The van der Waals surface area contributed by atoms with Crippen molar-refractivity contribution in [3.63, 3.8) is 0 Å². The number of anilines is 1. The van der Waals surface area contributed by atoms with E-state index < -0.39 is 0 Å². The molecule has 0 aliphatic rings. The lowest BCUT2D eigenvalue weighted by molar-refractivity contribution is 1.34. The highest BCUT2D eigenvalue weighted by Gasteiger charge is 2.00. The van der Waals surface area contributed by atoms with Gasteiger partial charge >= 0.3 is 0 Å². The van der Waals surface area contributed by atoms with Gasteiger partial charge in [0, 0.05) is 21.7 Å². The summed E-state index contributed by atoms with van der Waals surface area (Å²) in [7, 11) is 0. The Hall–Kier alpha value is -2.46. The lowest BCUT2D eigenvalue weighted by Crippen LogP contribution is -1.93. The van der Waals surface area contributed by atoms with Crippen LogP contribution in [0.3, 0.4) is 0 Å². The fourth-order valence-electron chi connectivity index (χ4n) is 2.07. The summed E-state index contributed by atoms with van der Waals surface area (Å²) in [5.74, 6) is 0. The van der Waals surface area contributed by atoms with Crippen LogP contribution < -0.4 is 5.73 Å². The molecular formula is C18H17N3S. The molecule has 3 rings (SSSR count). The predicted molar refractivity (Wildman–Crippen MR) is 94.1 cm³/mol. The lowest BCUT2D eigenvalue weighted by atomic mass is 10.3. The molecule has 0 spiro atoms. The molecule has 1 heterocycles. The second-order valence-corrected chi connectivity index (χ2v) is 6.09. The number of hydrogen-bond acceptors (Lipinski definition) is 3. The molecule has 0 unspecified atom stereocenters. The maximum absolute atomic E-state index is 5.70. The zero-order chi connectivity index (χ0) is 15.4. The molecule has 1 aromatic heterocycles. The number of nitrogens with zero attached hydrogens (tertiary/aromatic N) is 1. The van der Waals surface area contributed by atoms with Gasteiger partial charge in [-0.15, -0.1) is 0 Å². The van der Waals surface area contributed by atoms with Gasteiger partial charge in [0.1, 0.15) is 0 Å². The number of rotatable bonds is 4. The van der Waals surface area contributed by atoms with Crippen LogP contribution in [-0.4, -0.2) is 10.7 Å². The van der Waals surface area contributed by atoms with E-state index in [0.717, 1.165) is 22.8 Å². The first-order valence-electron chi connectivity index (χ1n) is 7.03. The van der Waals surface area contributed by atoms with Gasteiger partial charge in [-0.3, -0.25) is 4.99 Å². The van der Waals surface area contributed by atoms with Gasteiger partial charge in [0.25, 0.3) is 0 Å². The summed E-state index contributed by atoms with van der Waals surface area (Å²) in [6, 6.07) is 20.1. The van der Waals surface area contributed by atoms with E-state index in [9.17, 15) is 0 Å². The molecule has 0 aliphatic heterocycles. The van der Waals surface area contributed by atoms with Crippen LogP contribution in [0.15, 0.2) is 81.6 Å². The lowest BCUT2D eigenvalue weighted by Gasteiger charge is -2.03. The number of aromatic amines is 1. The third kappa shape index (κ3) is 3.59. The van der Waals surface area contributed by atoms with Crippen LogP contribution in [0.4, 0.5) is 11.4 Å². The van der Waals surface area contributed by atoms with Crippen molar-refractivity contribution in [1.29, 1.82) is 0 Å². The minimum Gasteiger partial charge on any atom is -0.399 e. The highest BCUT2D eigenvalue weighted by Crippen LogP contribution is 2.29. The Morgan fingerprint density at radius 3 is 2.18 bits per heavy atom. The van der Waals surface area contributed by atoms with Gasteiger partial charge in [-0.1, -0.05) is 11.8 Å². The topological polar surface area (TPSA) is 54.2 Å². The molecule has 0 amide bonds. The molecule has 4 heteroatoms. The monoisotopic (exact) mass is 307 g/mol. The molecule has 110 valence electrons. The second-order valence-electron chi connectivity index (χ2n) is 4.95. The van der Waals surface area contributed by atoms with Gasteiger partial charge in [-0.25, -0.2) is 0 Å². The summed E-state index contributed by atoms with van der Waals surface area (Å²) in [5, 5.41) is 0. The van der Waals surface area contributed by atoms with Gasteiger partial charge in [0.05, 0.1) is 17.1 Å². The van der Waals surface area contributed by atoms with Crippen LogP contribution >= 0.6 is 11.8 Å². The molecule has 0 saturated heterocycles. The average Bonchev–Trinajstić information content (AvgIpc) is 3.06. The van der Waals surface area contributed by atoms with E-state index in [4.69, 9.17) is 5.73 Å². The number of benzene rings is 2. The first-order valence-corrected chi connectivity index (χ1v) is 7.85. The first kappa shape index (κ1) is 14.5. The summed E-state index contributed by atoms with van der Waals surface area (Å²) in [4.78, 5) is 10.1. The normalized spacial score (nSPS) is 11.6. The number of aromatic nitrogens is 1. The fourth-order valence-corrected chi connectivity index (χ4v) is 2.89. The quantitative estimate of drug-likeness (QED) is 0.532. The number of hydrogen-bond donors (Lipinski definition) is 2. The van der Waals surface area contributed by atoms with Crippen molar-refractivity contribution in [2.45, 2.75) is 16.7 Å². The molecule has 0 atom stereocenters. The standard InChI is InChI=1S/C18H17N3S/c1-13(18-3-2-12-20-18)21-15-6-10-17(11-7-15)22-16-8-4-14(19)5-9-16/h2-12,20H,19H2,1H3. The zero-order valence-corrected chi connectivity index (χ0v) is 13.1. The molecule has 0 saturated carbocycles. The van der Waals surface area contributed by atoms with Crippen LogP contribution in [0.2, 0.25) is 0 Å². The number of nitrogen functional groups attached to an aromatic ring is 1. The van der Waals surface area contributed by atoms with Gasteiger partial charge in [0.2, 0.25) is 0 Å². The first-order chi connectivity index (χ1) is 10.7. The Balaban J connectivity index is 1.72. The Morgan fingerprint density at radius 2 is 1.59 bits per heavy atom. The van der Waals surface area contributed by atoms with Crippen molar-refractivity contribution in [2.75, 3.05) is 5.73 Å². The Morgan fingerprint density at radius 1 is 0.955 bits per heavy atom. The maximum atomic E-state index is 5.70. The molecule has 0 bridgehead atoms. The van der Waals surface area contributed by atoms with E-state index in [-0.39, 0.29) is 0 Å². The van der Waals surface area contributed by atoms with Gasteiger partial charge in [-0.05, 0) is 67.6 Å². The Kier molecular flexibility index (Phi) is 4.30. The van der Waals surface area contributed by atoms with Crippen molar-refractivity contribution in [3.05, 3.63) is 72.6 Å². The van der Waals surface area contributed by atoms with Gasteiger partial charge in [-0.2, -0.15) is 0 Å². The smallest absolute Gasteiger partial charge is 0.0634 e. The minimum atomic E-state index is 0.786. The summed E-state index contributed by atoms with van der Waals surface area (Å²) < 4.78 is 0. The SMILES string of the molecule is CC(=Nc1ccc(Sc2ccc(N)cc2)cc1)c1ccc[nH]1.